The first-order chi connectivity index (χ1) is 11.5. The number of nitro benzene ring substituents is 1. The van der Waals surface area contributed by atoms with Gasteiger partial charge in [0.25, 0.3) is 11.6 Å². The molecule has 1 N–H and O–H groups in total. The molecule has 0 aromatic heterocycles. The molecule has 3 rings (SSSR count). The number of anilines is 1. The van der Waals surface area contributed by atoms with Crippen LogP contribution < -0.4 is 19.5 Å². The molecule has 1 heterocycles. The van der Waals surface area contributed by atoms with Crippen LogP contribution in [0.3, 0.4) is 0 Å². The molecule has 0 unspecified atom stereocenters. The molecule has 0 spiro atoms. The van der Waals surface area contributed by atoms with Gasteiger partial charge in [0.1, 0.15) is 10.8 Å². The molecular weight excluding hydrogens is 340 g/mol. The van der Waals surface area contributed by atoms with E-state index in [0.717, 1.165) is 0 Å². The Morgan fingerprint density at radius 2 is 2.04 bits per heavy atom. The topological polar surface area (TPSA) is 99.9 Å². The van der Waals surface area contributed by atoms with Crippen molar-refractivity contribution in [2.45, 2.75) is 0 Å². The normalized spacial score (nSPS) is 11.9. The average Bonchev–Trinajstić information content (AvgIpc) is 3.02. The van der Waals surface area contributed by atoms with Gasteiger partial charge in [0.15, 0.2) is 18.1 Å². The van der Waals surface area contributed by atoms with Gasteiger partial charge >= 0.3 is 0 Å². The maximum atomic E-state index is 11.9. The molecule has 2 aromatic carbocycles. The second-order valence-corrected chi connectivity index (χ2v) is 5.18. The quantitative estimate of drug-likeness (QED) is 0.657. The third-order valence-corrected chi connectivity index (χ3v) is 3.46. The first-order valence-electron chi connectivity index (χ1n) is 6.79. The van der Waals surface area contributed by atoms with E-state index in [4.69, 9.17) is 25.8 Å². The van der Waals surface area contributed by atoms with Crippen molar-refractivity contribution in [2.24, 2.45) is 0 Å². The number of ether oxygens (including phenoxy) is 3. The molecule has 0 atom stereocenters. The summed E-state index contributed by atoms with van der Waals surface area (Å²) in [5.41, 5.74) is -0.0310. The van der Waals surface area contributed by atoms with Crippen molar-refractivity contribution >= 4 is 28.9 Å². The second kappa shape index (κ2) is 6.63. The van der Waals surface area contributed by atoms with Gasteiger partial charge in [0, 0.05) is 17.8 Å². The monoisotopic (exact) mass is 350 g/mol. The maximum absolute atomic E-state index is 11.9. The maximum Gasteiger partial charge on any atom is 0.289 e. The largest absolute Gasteiger partial charge is 0.484 e. The summed E-state index contributed by atoms with van der Waals surface area (Å²) < 4.78 is 15.7. The molecule has 0 saturated heterocycles. The van der Waals surface area contributed by atoms with Gasteiger partial charge in [-0.05, 0) is 24.3 Å². The van der Waals surface area contributed by atoms with E-state index in [0.29, 0.717) is 17.2 Å². The Labute approximate surface area is 141 Å². The number of nitro groups is 1. The van der Waals surface area contributed by atoms with E-state index in [1.165, 1.54) is 18.2 Å². The second-order valence-electron chi connectivity index (χ2n) is 4.78. The highest BCUT2D eigenvalue weighted by molar-refractivity contribution is 6.32. The summed E-state index contributed by atoms with van der Waals surface area (Å²) >= 11 is 5.71. The fourth-order valence-corrected chi connectivity index (χ4v) is 2.23. The first kappa shape index (κ1) is 15.9. The standard InChI is InChI=1S/C15H11ClN2O6/c16-11-3-1-9(5-12(11)18(20)21)17-15(19)7-22-10-2-4-13-14(6-10)24-8-23-13/h1-6H,7-8H2,(H,17,19). The number of halogens is 1. The zero-order valence-electron chi connectivity index (χ0n) is 12.2. The summed E-state index contributed by atoms with van der Waals surface area (Å²) in [6.45, 7) is -0.120. The Bertz CT molecular complexity index is 811. The highest BCUT2D eigenvalue weighted by Crippen LogP contribution is 2.35. The smallest absolute Gasteiger partial charge is 0.289 e. The summed E-state index contributed by atoms with van der Waals surface area (Å²) in [5, 5.41) is 13.3. The Morgan fingerprint density at radius 1 is 1.25 bits per heavy atom. The molecule has 0 fully saturated rings. The Kier molecular flexibility index (Phi) is 4.39. The van der Waals surface area contributed by atoms with Gasteiger partial charge in [-0.15, -0.1) is 0 Å². The van der Waals surface area contributed by atoms with Crippen LogP contribution in [0.15, 0.2) is 36.4 Å². The van der Waals surface area contributed by atoms with E-state index in [-0.39, 0.29) is 29.8 Å². The number of carbonyl (C=O) groups is 1. The van der Waals surface area contributed by atoms with Crippen molar-refractivity contribution in [2.75, 3.05) is 18.7 Å². The highest BCUT2D eigenvalue weighted by Gasteiger charge is 2.16. The summed E-state index contributed by atoms with van der Waals surface area (Å²) in [6.07, 6.45) is 0. The predicted octanol–water partition coefficient (Wildman–Crippen LogP) is 2.99. The molecule has 1 amide bonds. The minimum absolute atomic E-state index is 0.00499. The zero-order chi connectivity index (χ0) is 17.1. The summed E-state index contributed by atoms with van der Waals surface area (Å²) in [6, 6.07) is 8.93. The van der Waals surface area contributed by atoms with Crippen LogP contribution in [0.25, 0.3) is 0 Å². The average molecular weight is 351 g/mol. The lowest BCUT2D eigenvalue weighted by molar-refractivity contribution is -0.384. The van der Waals surface area contributed by atoms with Gasteiger partial charge in [-0.2, -0.15) is 0 Å². The van der Waals surface area contributed by atoms with Gasteiger partial charge in [0.05, 0.1) is 4.92 Å². The van der Waals surface area contributed by atoms with Gasteiger partial charge in [0.2, 0.25) is 6.79 Å². The minimum Gasteiger partial charge on any atom is -0.484 e. The molecule has 2 aromatic rings. The van der Waals surface area contributed by atoms with Crippen LogP contribution >= 0.6 is 11.6 Å². The number of benzene rings is 2. The lowest BCUT2D eigenvalue weighted by Gasteiger charge is -2.08. The van der Waals surface area contributed by atoms with Gasteiger partial charge in [-0.3, -0.25) is 14.9 Å². The zero-order valence-corrected chi connectivity index (χ0v) is 12.9. The lowest BCUT2D eigenvalue weighted by Crippen LogP contribution is -2.20. The predicted molar refractivity (Wildman–Crippen MR) is 84.8 cm³/mol. The first-order valence-corrected chi connectivity index (χ1v) is 7.17. The molecule has 24 heavy (non-hydrogen) atoms. The van der Waals surface area contributed by atoms with Crippen LogP contribution in [-0.2, 0) is 4.79 Å². The van der Waals surface area contributed by atoms with Crippen molar-refractivity contribution in [3.8, 4) is 17.2 Å². The number of nitrogens with zero attached hydrogens (tertiary/aromatic N) is 1. The van der Waals surface area contributed by atoms with E-state index in [9.17, 15) is 14.9 Å². The number of nitrogens with one attached hydrogen (secondary N) is 1. The molecule has 0 aliphatic carbocycles. The fraction of sp³-hybridized carbons (Fsp3) is 0.133. The third kappa shape index (κ3) is 3.49. The van der Waals surface area contributed by atoms with Crippen LogP contribution in [0.2, 0.25) is 5.02 Å². The molecule has 124 valence electrons. The Hall–Kier alpha value is -3.00. The third-order valence-electron chi connectivity index (χ3n) is 3.14. The van der Waals surface area contributed by atoms with Crippen LogP contribution in [-0.4, -0.2) is 24.2 Å². The SMILES string of the molecule is O=C(COc1ccc2c(c1)OCO2)Nc1ccc(Cl)c([N+](=O)[O-])c1. The number of hydrogen-bond acceptors (Lipinski definition) is 6. The number of fused-ring (bicyclic) bond motifs is 1. The van der Waals surface area contributed by atoms with Crippen LogP contribution in [0.4, 0.5) is 11.4 Å². The van der Waals surface area contributed by atoms with Crippen molar-refractivity contribution < 1.29 is 23.9 Å². The highest BCUT2D eigenvalue weighted by atomic mass is 35.5. The van der Waals surface area contributed by atoms with Crippen molar-refractivity contribution in [1.29, 1.82) is 0 Å². The van der Waals surface area contributed by atoms with E-state index in [2.05, 4.69) is 5.32 Å². The van der Waals surface area contributed by atoms with Crippen molar-refractivity contribution in [3.63, 3.8) is 0 Å². The lowest BCUT2D eigenvalue weighted by atomic mass is 10.3. The summed E-state index contributed by atoms with van der Waals surface area (Å²) in [7, 11) is 0. The van der Waals surface area contributed by atoms with Crippen LogP contribution in [0.1, 0.15) is 0 Å². The van der Waals surface area contributed by atoms with Crippen molar-refractivity contribution in [3.05, 3.63) is 51.5 Å². The Balaban J connectivity index is 1.60. The summed E-state index contributed by atoms with van der Waals surface area (Å²) in [4.78, 5) is 22.1. The van der Waals surface area contributed by atoms with E-state index in [1.807, 2.05) is 0 Å². The van der Waals surface area contributed by atoms with E-state index < -0.39 is 10.8 Å². The number of carbonyl (C=O) groups excluding carboxylic acids is 1. The molecule has 0 saturated carbocycles. The Morgan fingerprint density at radius 3 is 2.83 bits per heavy atom. The molecule has 0 radical (unpaired) electrons. The van der Waals surface area contributed by atoms with Gasteiger partial charge < -0.3 is 19.5 Å². The number of amides is 1. The molecule has 9 heteroatoms. The fourth-order valence-electron chi connectivity index (χ4n) is 2.04. The van der Waals surface area contributed by atoms with E-state index in [1.54, 1.807) is 18.2 Å². The van der Waals surface area contributed by atoms with Crippen LogP contribution in [0, 0.1) is 10.1 Å². The van der Waals surface area contributed by atoms with Crippen LogP contribution in [0.5, 0.6) is 17.2 Å². The number of rotatable bonds is 5. The molecule has 1 aliphatic rings. The molecule has 1 aliphatic heterocycles. The van der Waals surface area contributed by atoms with E-state index >= 15 is 0 Å². The molecule has 8 nitrogen and oxygen atoms in total. The molecule has 0 bridgehead atoms. The number of hydrogen-bond donors (Lipinski definition) is 1. The van der Waals surface area contributed by atoms with Gasteiger partial charge in [-0.1, -0.05) is 11.6 Å². The molecular formula is C15H11ClN2O6. The minimum atomic E-state index is -0.624. The van der Waals surface area contributed by atoms with Gasteiger partial charge in [-0.25, -0.2) is 0 Å². The summed E-state index contributed by atoms with van der Waals surface area (Å²) in [5.74, 6) is 1.13. The van der Waals surface area contributed by atoms with Crippen molar-refractivity contribution in [1.82, 2.24) is 0 Å².